The number of nitriles is 1. The Bertz CT molecular complexity index is 894. The van der Waals surface area contributed by atoms with E-state index in [1.807, 2.05) is 39.0 Å². The molecule has 0 bridgehead atoms. The Hall–Kier alpha value is -2.08. The lowest BCUT2D eigenvalue weighted by Crippen LogP contribution is -2.25. The van der Waals surface area contributed by atoms with Crippen molar-refractivity contribution in [3.8, 4) is 6.07 Å². The lowest BCUT2D eigenvalue weighted by molar-refractivity contribution is 0.332. The SMILES string of the molecule is CCCNS(=O)(=O)O/N=C1\SC=C\C1=C(\C#N)c1ccc(C)cc1C. The van der Waals surface area contributed by atoms with Gasteiger partial charge in [-0.15, -0.1) is 0 Å². The molecule has 1 aliphatic heterocycles. The molecule has 0 fully saturated rings. The zero-order valence-corrected chi connectivity index (χ0v) is 15.9. The number of hydrogen-bond acceptors (Lipinski definition) is 6. The molecule has 0 atom stereocenters. The predicted molar refractivity (Wildman–Crippen MR) is 101 cm³/mol. The Balaban J connectivity index is 2.37. The van der Waals surface area contributed by atoms with Crippen LogP contribution in [0.15, 0.2) is 40.4 Å². The van der Waals surface area contributed by atoms with E-state index < -0.39 is 10.3 Å². The normalized spacial score (nSPS) is 17.6. The van der Waals surface area contributed by atoms with Gasteiger partial charge in [-0.3, -0.25) is 4.28 Å². The summed E-state index contributed by atoms with van der Waals surface area (Å²) >= 11 is 1.21. The predicted octanol–water partition coefficient (Wildman–Crippen LogP) is 3.42. The molecular formula is C17H19N3O3S2. The molecule has 6 nitrogen and oxygen atoms in total. The van der Waals surface area contributed by atoms with E-state index in [-0.39, 0.29) is 6.54 Å². The number of hydrogen-bond donors (Lipinski definition) is 1. The zero-order valence-electron chi connectivity index (χ0n) is 14.2. The van der Waals surface area contributed by atoms with Gasteiger partial charge < -0.3 is 0 Å². The number of thioether (sulfide) groups is 1. The molecule has 0 radical (unpaired) electrons. The molecule has 1 aliphatic rings. The fraction of sp³-hybridized carbons (Fsp3) is 0.294. The van der Waals surface area contributed by atoms with Crippen LogP contribution in [0.25, 0.3) is 5.57 Å². The van der Waals surface area contributed by atoms with Crippen molar-refractivity contribution in [2.75, 3.05) is 6.54 Å². The van der Waals surface area contributed by atoms with E-state index in [0.717, 1.165) is 16.7 Å². The third-order valence-corrected chi connectivity index (χ3v) is 5.04. The summed E-state index contributed by atoms with van der Waals surface area (Å²) < 4.78 is 30.3. The second kappa shape index (κ2) is 8.34. The van der Waals surface area contributed by atoms with Crippen LogP contribution in [0.2, 0.25) is 0 Å². The molecule has 1 aromatic rings. The number of nitrogens with zero attached hydrogens (tertiary/aromatic N) is 2. The molecule has 0 spiro atoms. The van der Waals surface area contributed by atoms with Gasteiger partial charge in [-0.1, -0.05) is 47.6 Å². The molecule has 0 saturated heterocycles. The van der Waals surface area contributed by atoms with E-state index in [2.05, 4.69) is 20.2 Å². The lowest BCUT2D eigenvalue weighted by atomic mass is 9.96. The van der Waals surface area contributed by atoms with Crippen molar-refractivity contribution >= 4 is 32.7 Å². The quantitative estimate of drug-likeness (QED) is 0.606. The fourth-order valence-electron chi connectivity index (χ4n) is 2.26. The average Bonchev–Trinajstić information content (AvgIpc) is 3.02. The summed E-state index contributed by atoms with van der Waals surface area (Å²) in [6.45, 7) is 6.02. The Kier molecular flexibility index (Phi) is 6.42. The summed E-state index contributed by atoms with van der Waals surface area (Å²) in [5, 5.41) is 15.4. The minimum Gasteiger partial charge on any atom is -0.255 e. The topological polar surface area (TPSA) is 91.6 Å². The molecule has 1 aromatic carbocycles. The minimum atomic E-state index is -3.95. The van der Waals surface area contributed by atoms with Gasteiger partial charge in [0.1, 0.15) is 6.07 Å². The van der Waals surface area contributed by atoms with Gasteiger partial charge in [-0.25, -0.2) is 0 Å². The van der Waals surface area contributed by atoms with Crippen LogP contribution in [-0.4, -0.2) is 20.0 Å². The van der Waals surface area contributed by atoms with Crippen molar-refractivity contribution in [3.05, 3.63) is 51.9 Å². The molecule has 0 unspecified atom stereocenters. The van der Waals surface area contributed by atoms with Crippen LogP contribution in [0.3, 0.4) is 0 Å². The standard InChI is InChI=1S/C17H19N3O3S2/c1-4-8-19-25(21,22)23-20-17-15(7-9-24-17)16(11-18)14-6-5-12(2)10-13(14)3/h5-7,9-10,19H,4,8H2,1-3H3/b16-15+,20-17-. The van der Waals surface area contributed by atoms with Crippen LogP contribution >= 0.6 is 11.8 Å². The molecule has 1 N–H and O–H groups in total. The van der Waals surface area contributed by atoms with Crippen LogP contribution in [0, 0.1) is 25.2 Å². The molecule has 0 saturated carbocycles. The number of allylic oxidation sites excluding steroid dienone is 2. The Morgan fingerprint density at radius 3 is 2.80 bits per heavy atom. The summed E-state index contributed by atoms with van der Waals surface area (Å²) in [5.74, 6) is 0. The highest BCUT2D eigenvalue weighted by Gasteiger charge is 2.20. The first kappa shape index (κ1) is 19.2. The summed E-state index contributed by atoms with van der Waals surface area (Å²) in [6.07, 6.45) is 2.38. The third kappa shape index (κ3) is 4.95. The molecule has 25 heavy (non-hydrogen) atoms. The maximum atomic E-state index is 11.7. The summed E-state index contributed by atoms with van der Waals surface area (Å²) in [7, 11) is -3.95. The minimum absolute atomic E-state index is 0.271. The zero-order chi connectivity index (χ0) is 18.4. The summed E-state index contributed by atoms with van der Waals surface area (Å²) in [4.78, 5) is 0. The maximum Gasteiger partial charge on any atom is 0.402 e. The Morgan fingerprint density at radius 1 is 1.40 bits per heavy atom. The van der Waals surface area contributed by atoms with E-state index >= 15 is 0 Å². The lowest BCUT2D eigenvalue weighted by Gasteiger charge is -2.09. The number of nitrogens with one attached hydrogen (secondary N) is 1. The molecule has 0 aromatic heterocycles. The molecule has 0 aliphatic carbocycles. The van der Waals surface area contributed by atoms with Gasteiger partial charge in [0.25, 0.3) is 0 Å². The van der Waals surface area contributed by atoms with Crippen LogP contribution in [-0.2, 0) is 14.6 Å². The monoisotopic (exact) mass is 377 g/mol. The molecule has 0 amide bonds. The van der Waals surface area contributed by atoms with Gasteiger partial charge in [-0.05, 0) is 42.9 Å². The van der Waals surface area contributed by atoms with Gasteiger partial charge in [0.15, 0.2) is 5.04 Å². The largest absolute Gasteiger partial charge is 0.402 e. The number of rotatable bonds is 6. The van der Waals surface area contributed by atoms with E-state index in [9.17, 15) is 13.7 Å². The first-order valence-corrected chi connectivity index (χ1v) is 9.98. The summed E-state index contributed by atoms with van der Waals surface area (Å²) in [6, 6.07) is 8.00. The van der Waals surface area contributed by atoms with Crippen molar-refractivity contribution in [2.24, 2.45) is 5.16 Å². The Morgan fingerprint density at radius 2 is 2.16 bits per heavy atom. The summed E-state index contributed by atoms with van der Waals surface area (Å²) in [5.41, 5.74) is 3.83. The smallest absolute Gasteiger partial charge is 0.255 e. The third-order valence-electron chi connectivity index (χ3n) is 3.42. The van der Waals surface area contributed by atoms with Crippen LogP contribution in [0.5, 0.6) is 0 Å². The van der Waals surface area contributed by atoms with Crippen LogP contribution < -0.4 is 4.72 Å². The molecular weight excluding hydrogens is 358 g/mol. The highest BCUT2D eigenvalue weighted by molar-refractivity contribution is 8.17. The van der Waals surface area contributed by atoms with Gasteiger partial charge in [-0.2, -0.15) is 18.4 Å². The first-order valence-electron chi connectivity index (χ1n) is 7.69. The molecule has 8 heteroatoms. The second-order valence-corrected chi connectivity index (χ2v) is 7.70. The van der Waals surface area contributed by atoms with E-state index in [1.165, 1.54) is 11.8 Å². The van der Waals surface area contributed by atoms with Gasteiger partial charge in [0, 0.05) is 12.1 Å². The highest BCUT2D eigenvalue weighted by Crippen LogP contribution is 2.32. The molecule has 1 heterocycles. The molecule has 2 rings (SSSR count). The van der Waals surface area contributed by atoms with Crippen molar-refractivity contribution in [1.82, 2.24) is 4.72 Å². The van der Waals surface area contributed by atoms with Crippen molar-refractivity contribution in [3.63, 3.8) is 0 Å². The number of benzene rings is 1. The van der Waals surface area contributed by atoms with Gasteiger partial charge >= 0.3 is 10.3 Å². The van der Waals surface area contributed by atoms with E-state index in [1.54, 1.807) is 11.5 Å². The first-order chi connectivity index (χ1) is 11.9. The van der Waals surface area contributed by atoms with Gasteiger partial charge in [0.2, 0.25) is 0 Å². The maximum absolute atomic E-state index is 11.7. The van der Waals surface area contributed by atoms with Crippen LogP contribution in [0.1, 0.15) is 30.0 Å². The second-order valence-electron chi connectivity index (χ2n) is 5.46. The van der Waals surface area contributed by atoms with E-state index in [4.69, 9.17) is 0 Å². The van der Waals surface area contributed by atoms with Crippen molar-refractivity contribution in [2.45, 2.75) is 27.2 Å². The fourth-order valence-corrected chi connectivity index (χ4v) is 3.70. The highest BCUT2D eigenvalue weighted by atomic mass is 32.2. The van der Waals surface area contributed by atoms with Crippen LogP contribution in [0.4, 0.5) is 0 Å². The average molecular weight is 377 g/mol. The number of oxime groups is 1. The van der Waals surface area contributed by atoms with Gasteiger partial charge in [0.05, 0.1) is 5.57 Å². The number of aryl methyl sites for hydroxylation is 2. The van der Waals surface area contributed by atoms with E-state index in [0.29, 0.717) is 22.6 Å². The van der Waals surface area contributed by atoms with Crippen molar-refractivity contribution in [1.29, 1.82) is 5.26 Å². The van der Waals surface area contributed by atoms with Crippen molar-refractivity contribution < 1.29 is 12.7 Å². The molecule has 132 valence electrons. The Labute approximate surface area is 152 Å².